The summed E-state index contributed by atoms with van der Waals surface area (Å²) in [6, 6.07) is 21.8. The molecule has 0 unspecified atom stereocenters. The maximum Gasteiger partial charge on any atom is 0.268 e. The van der Waals surface area contributed by atoms with Gasteiger partial charge in [-0.3, -0.25) is 9.36 Å². The largest absolute Gasteiger partial charge is 0.370 e. The van der Waals surface area contributed by atoms with Crippen LogP contribution in [0.1, 0.15) is 30.7 Å². The number of hydrogen-bond donors (Lipinski definition) is 0. The van der Waals surface area contributed by atoms with Gasteiger partial charge in [-0.15, -0.1) is 0 Å². The van der Waals surface area contributed by atoms with Crippen LogP contribution in [0.25, 0.3) is 16.7 Å². The van der Waals surface area contributed by atoms with Gasteiger partial charge in [0.05, 0.1) is 29.0 Å². The molecule has 0 saturated carbocycles. The lowest BCUT2D eigenvalue weighted by Crippen LogP contribution is -2.33. The number of para-hydroxylation sites is 1. The number of benzene rings is 2. The van der Waals surface area contributed by atoms with Gasteiger partial charge in [0.25, 0.3) is 5.56 Å². The van der Waals surface area contributed by atoms with E-state index in [1.54, 1.807) is 16.3 Å². The summed E-state index contributed by atoms with van der Waals surface area (Å²) in [6.45, 7) is 4.58. The number of fused-ring (bicyclic) bond motifs is 2. The van der Waals surface area contributed by atoms with Gasteiger partial charge in [-0.2, -0.15) is 0 Å². The minimum Gasteiger partial charge on any atom is -0.370 e. The van der Waals surface area contributed by atoms with E-state index in [0.29, 0.717) is 29.2 Å². The van der Waals surface area contributed by atoms with E-state index in [2.05, 4.69) is 26.0 Å². The molecular weight excluding hydrogens is 406 g/mol. The van der Waals surface area contributed by atoms with E-state index in [1.165, 1.54) is 5.56 Å². The molecule has 0 bridgehead atoms. The number of aromatic nitrogens is 3. The zero-order valence-corrected chi connectivity index (χ0v) is 18.4. The first-order valence-corrected chi connectivity index (χ1v) is 11.3. The van der Waals surface area contributed by atoms with E-state index < -0.39 is 0 Å². The summed E-state index contributed by atoms with van der Waals surface area (Å²) in [5.74, 6) is 0.720. The highest BCUT2D eigenvalue weighted by Crippen LogP contribution is 2.29. The summed E-state index contributed by atoms with van der Waals surface area (Å²) < 4.78 is 7.63. The van der Waals surface area contributed by atoms with E-state index in [0.717, 1.165) is 22.7 Å². The van der Waals surface area contributed by atoms with Gasteiger partial charge < -0.3 is 4.74 Å². The Bertz CT molecular complexity index is 1300. The number of nitrogens with zero attached hydrogens (tertiary/aromatic N) is 3. The highest BCUT2D eigenvalue weighted by Gasteiger charge is 2.28. The van der Waals surface area contributed by atoms with Crippen molar-refractivity contribution in [3.8, 4) is 5.69 Å². The average Bonchev–Trinajstić information content (AvgIpc) is 2.77. The zero-order valence-electron chi connectivity index (χ0n) is 17.5. The van der Waals surface area contributed by atoms with E-state index in [-0.39, 0.29) is 11.2 Å². The van der Waals surface area contributed by atoms with Crippen LogP contribution in [-0.2, 0) is 23.5 Å². The first kappa shape index (κ1) is 20.0. The van der Waals surface area contributed by atoms with Gasteiger partial charge in [0, 0.05) is 17.7 Å². The van der Waals surface area contributed by atoms with Gasteiger partial charge in [-0.1, -0.05) is 60.3 Å². The molecule has 0 saturated heterocycles. The van der Waals surface area contributed by atoms with Crippen LogP contribution in [0, 0.1) is 0 Å². The second kappa shape index (κ2) is 7.94. The summed E-state index contributed by atoms with van der Waals surface area (Å²) in [6.07, 6.45) is 0.703. The molecular formula is C25H23N3O2S. The van der Waals surface area contributed by atoms with Crippen LogP contribution in [0.5, 0.6) is 0 Å². The second-order valence-corrected chi connectivity index (χ2v) is 9.28. The van der Waals surface area contributed by atoms with Crippen LogP contribution in [0.3, 0.4) is 0 Å². The van der Waals surface area contributed by atoms with E-state index in [9.17, 15) is 4.79 Å². The van der Waals surface area contributed by atoms with Gasteiger partial charge in [-0.25, -0.2) is 9.97 Å². The van der Waals surface area contributed by atoms with Crippen molar-refractivity contribution < 1.29 is 4.74 Å². The van der Waals surface area contributed by atoms with Crippen molar-refractivity contribution in [2.45, 2.75) is 43.4 Å². The van der Waals surface area contributed by atoms with Crippen molar-refractivity contribution in [2.24, 2.45) is 0 Å². The Hall–Kier alpha value is -2.96. The third kappa shape index (κ3) is 4.01. The number of rotatable bonds is 4. The van der Waals surface area contributed by atoms with Crippen LogP contribution in [0.15, 0.2) is 76.7 Å². The highest BCUT2D eigenvalue weighted by molar-refractivity contribution is 7.98. The average molecular weight is 430 g/mol. The fourth-order valence-electron chi connectivity index (χ4n) is 3.80. The smallest absolute Gasteiger partial charge is 0.268 e. The molecule has 4 aromatic rings. The Morgan fingerprint density at radius 3 is 2.48 bits per heavy atom. The molecule has 6 heteroatoms. The van der Waals surface area contributed by atoms with Crippen LogP contribution < -0.4 is 5.56 Å². The van der Waals surface area contributed by atoms with Crippen molar-refractivity contribution in [1.82, 2.24) is 14.5 Å². The second-order valence-electron chi connectivity index (χ2n) is 8.34. The molecule has 0 spiro atoms. The normalized spacial score (nSPS) is 15.0. The summed E-state index contributed by atoms with van der Waals surface area (Å²) in [5.41, 5.74) is 4.04. The highest BCUT2D eigenvalue weighted by atomic mass is 32.2. The molecule has 1 aliphatic rings. The summed E-state index contributed by atoms with van der Waals surface area (Å²) in [4.78, 5) is 23.3. The van der Waals surface area contributed by atoms with Crippen LogP contribution in [0.2, 0.25) is 0 Å². The molecule has 1 aliphatic heterocycles. The van der Waals surface area contributed by atoms with Crippen molar-refractivity contribution >= 4 is 22.8 Å². The monoisotopic (exact) mass is 429 g/mol. The maximum atomic E-state index is 13.6. The van der Waals surface area contributed by atoms with Crippen molar-refractivity contribution in [1.29, 1.82) is 0 Å². The fraction of sp³-hybridized carbons (Fsp3) is 0.240. The molecule has 31 heavy (non-hydrogen) atoms. The van der Waals surface area contributed by atoms with Crippen LogP contribution in [0.4, 0.5) is 0 Å². The van der Waals surface area contributed by atoms with Gasteiger partial charge in [0.2, 0.25) is 0 Å². The van der Waals surface area contributed by atoms with Crippen molar-refractivity contribution in [3.05, 3.63) is 93.9 Å². The molecule has 0 N–H and O–H groups in total. The molecule has 0 atom stereocenters. The maximum absolute atomic E-state index is 13.6. The molecule has 5 nitrogen and oxygen atoms in total. The Morgan fingerprint density at radius 2 is 1.74 bits per heavy atom. The number of ether oxygens (including phenoxy) is 1. The molecule has 5 rings (SSSR count). The van der Waals surface area contributed by atoms with Crippen molar-refractivity contribution in [2.75, 3.05) is 0 Å². The first-order valence-electron chi connectivity index (χ1n) is 10.3. The predicted octanol–water partition coefficient (Wildman–Crippen LogP) is 4.92. The number of pyridine rings is 1. The molecule has 0 radical (unpaired) electrons. The third-order valence-electron chi connectivity index (χ3n) is 5.43. The lowest BCUT2D eigenvalue weighted by molar-refractivity contribution is -0.0411. The zero-order chi connectivity index (χ0) is 21.4. The minimum atomic E-state index is -0.266. The standard InChI is InChI=1S/C25H23N3O2S/c1-25(2)14-21-18(15-30-25)13-20-22(26-21)27-24(31-16-17-9-5-3-6-10-17)28(23(20)29)19-11-7-4-8-12-19/h3-13H,14-16H2,1-2H3. The summed E-state index contributed by atoms with van der Waals surface area (Å²) >= 11 is 1.55. The Balaban J connectivity index is 1.66. The molecule has 2 aromatic carbocycles. The quantitative estimate of drug-likeness (QED) is 0.340. The Morgan fingerprint density at radius 1 is 1.03 bits per heavy atom. The molecule has 0 aliphatic carbocycles. The fourth-order valence-corrected chi connectivity index (χ4v) is 4.76. The Labute approximate surface area is 185 Å². The van der Waals surface area contributed by atoms with Crippen LogP contribution in [-0.4, -0.2) is 20.1 Å². The molecule has 0 fully saturated rings. The Kier molecular flexibility index (Phi) is 5.12. The summed E-state index contributed by atoms with van der Waals surface area (Å²) in [5, 5.41) is 1.17. The molecule has 0 amide bonds. The lowest BCUT2D eigenvalue weighted by atomic mass is 9.95. The lowest BCUT2D eigenvalue weighted by Gasteiger charge is -2.31. The van der Waals surface area contributed by atoms with Gasteiger partial charge in [0.1, 0.15) is 0 Å². The van der Waals surface area contributed by atoms with Crippen LogP contribution >= 0.6 is 11.8 Å². The van der Waals surface area contributed by atoms with Crippen molar-refractivity contribution in [3.63, 3.8) is 0 Å². The third-order valence-corrected chi connectivity index (χ3v) is 6.44. The molecule has 2 aromatic heterocycles. The van der Waals surface area contributed by atoms with E-state index in [1.807, 2.05) is 54.6 Å². The van der Waals surface area contributed by atoms with Gasteiger partial charge >= 0.3 is 0 Å². The summed E-state index contributed by atoms with van der Waals surface area (Å²) in [7, 11) is 0. The van der Waals surface area contributed by atoms with E-state index in [4.69, 9.17) is 14.7 Å². The first-order chi connectivity index (χ1) is 15.0. The SMILES string of the molecule is CC1(C)Cc2nc3nc(SCc4ccccc4)n(-c4ccccc4)c(=O)c3cc2CO1. The number of hydrogen-bond acceptors (Lipinski definition) is 5. The molecule has 156 valence electrons. The predicted molar refractivity (Wildman–Crippen MR) is 124 cm³/mol. The van der Waals surface area contributed by atoms with Gasteiger partial charge in [-0.05, 0) is 37.6 Å². The van der Waals surface area contributed by atoms with E-state index >= 15 is 0 Å². The number of thioether (sulfide) groups is 1. The van der Waals surface area contributed by atoms with Gasteiger partial charge in [0.15, 0.2) is 10.8 Å². The molecule has 3 heterocycles. The topological polar surface area (TPSA) is 57.0 Å². The minimum absolute atomic E-state index is 0.105.